The van der Waals surface area contributed by atoms with Crippen molar-refractivity contribution in [1.29, 1.82) is 0 Å². The van der Waals surface area contributed by atoms with Gasteiger partial charge in [-0.3, -0.25) is 4.79 Å². The number of rotatable bonds is 7. The zero-order valence-electron chi connectivity index (χ0n) is 14.4. The van der Waals surface area contributed by atoms with E-state index in [1.54, 1.807) is 0 Å². The number of hydrogen-bond donors (Lipinski definition) is 1. The topological polar surface area (TPSA) is 50.2 Å². The number of amides is 1. The molecule has 1 aromatic carbocycles. The Labute approximate surface area is 138 Å². The Bertz CT molecular complexity index is 646. The Hall–Kier alpha value is -2.14. The van der Waals surface area contributed by atoms with Crippen LogP contribution < -0.4 is 5.32 Å². The molecule has 2 aromatic rings. The zero-order valence-corrected chi connectivity index (χ0v) is 14.4. The molecule has 0 aliphatic carbocycles. The maximum atomic E-state index is 12.4. The third kappa shape index (κ3) is 5.21. The van der Waals surface area contributed by atoms with Gasteiger partial charge in [0.15, 0.2) is 0 Å². The van der Waals surface area contributed by atoms with E-state index in [1.165, 1.54) is 0 Å². The molecule has 0 unspecified atom stereocenters. The summed E-state index contributed by atoms with van der Waals surface area (Å²) >= 11 is 0. The zero-order chi connectivity index (χ0) is 16.8. The van der Waals surface area contributed by atoms with E-state index in [1.807, 2.05) is 50.9 Å². The summed E-state index contributed by atoms with van der Waals surface area (Å²) in [4.78, 5) is 18.6. The van der Waals surface area contributed by atoms with Crippen LogP contribution in [0.2, 0.25) is 0 Å². The van der Waals surface area contributed by atoms with Crippen molar-refractivity contribution in [2.75, 3.05) is 14.1 Å². The third-order valence-corrected chi connectivity index (χ3v) is 3.48. The first kappa shape index (κ1) is 17.2. The van der Waals surface area contributed by atoms with Gasteiger partial charge in [0.1, 0.15) is 0 Å². The van der Waals surface area contributed by atoms with E-state index in [0.29, 0.717) is 18.0 Å². The molecule has 0 fully saturated rings. The average Bonchev–Trinajstić information content (AvgIpc) is 2.90. The van der Waals surface area contributed by atoms with Gasteiger partial charge in [-0.2, -0.15) is 0 Å². The number of nitrogens with one attached hydrogen (secondary N) is 1. The van der Waals surface area contributed by atoms with E-state index < -0.39 is 0 Å². The lowest BCUT2D eigenvalue weighted by Gasteiger charge is -2.12. The molecule has 1 heterocycles. The fourth-order valence-electron chi connectivity index (χ4n) is 2.50. The minimum atomic E-state index is -0.0529. The standard InChI is InChI=1S/C18H26N4O/c1-14(2)11-22-13-19-9-17(22)10-20-18(23)16-7-5-6-15(8-16)12-21(3)4/h5-9,13-14H,10-12H2,1-4H3,(H,20,23). The van der Waals surface area contributed by atoms with Gasteiger partial charge in [-0.1, -0.05) is 26.0 Å². The van der Waals surface area contributed by atoms with Crippen LogP contribution in [0.5, 0.6) is 0 Å². The minimum Gasteiger partial charge on any atom is -0.346 e. The van der Waals surface area contributed by atoms with Crippen molar-refractivity contribution in [2.24, 2.45) is 5.92 Å². The summed E-state index contributed by atoms with van der Waals surface area (Å²) in [6.07, 6.45) is 3.63. The third-order valence-electron chi connectivity index (χ3n) is 3.48. The molecule has 23 heavy (non-hydrogen) atoms. The number of imidazole rings is 1. The smallest absolute Gasteiger partial charge is 0.251 e. The molecule has 0 saturated carbocycles. The summed E-state index contributed by atoms with van der Waals surface area (Å²) in [6, 6.07) is 7.76. The van der Waals surface area contributed by atoms with Crippen LogP contribution >= 0.6 is 0 Å². The number of nitrogens with zero attached hydrogens (tertiary/aromatic N) is 3. The van der Waals surface area contributed by atoms with Gasteiger partial charge in [0, 0.05) is 24.8 Å². The van der Waals surface area contributed by atoms with Gasteiger partial charge < -0.3 is 14.8 Å². The maximum absolute atomic E-state index is 12.4. The van der Waals surface area contributed by atoms with Crippen LogP contribution in [-0.4, -0.2) is 34.5 Å². The lowest BCUT2D eigenvalue weighted by atomic mass is 10.1. The van der Waals surface area contributed by atoms with Crippen LogP contribution in [0.1, 0.15) is 35.5 Å². The van der Waals surface area contributed by atoms with Crippen molar-refractivity contribution in [3.63, 3.8) is 0 Å². The molecule has 0 radical (unpaired) electrons. The van der Waals surface area contributed by atoms with E-state index in [2.05, 4.69) is 33.6 Å². The Morgan fingerprint density at radius 1 is 1.35 bits per heavy atom. The molecule has 1 N–H and O–H groups in total. The van der Waals surface area contributed by atoms with Crippen molar-refractivity contribution in [1.82, 2.24) is 19.8 Å². The molecule has 124 valence electrons. The first-order valence-electron chi connectivity index (χ1n) is 7.96. The van der Waals surface area contributed by atoms with E-state index >= 15 is 0 Å². The van der Waals surface area contributed by atoms with Gasteiger partial charge in [-0.05, 0) is 37.7 Å². The summed E-state index contributed by atoms with van der Waals surface area (Å²) in [5.74, 6) is 0.490. The fraction of sp³-hybridized carbons (Fsp3) is 0.444. The van der Waals surface area contributed by atoms with Crippen LogP contribution in [0.4, 0.5) is 0 Å². The summed E-state index contributed by atoms with van der Waals surface area (Å²) in [7, 11) is 4.03. The summed E-state index contributed by atoms with van der Waals surface area (Å²) < 4.78 is 2.09. The molecule has 0 bridgehead atoms. The second kappa shape index (κ2) is 7.92. The van der Waals surface area contributed by atoms with Crippen LogP contribution in [0.3, 0.4) is 0 Å². The highest BCUT2D eigenvalue weighted by Crippen LogP contribution is 2.08. The average molecular weight is 314 g/mol. The number of hydrogen-bond acceptors (Lipinski definition) is 3. The van der Waals surface area contributed by atoms with Crippen molar-refractivity contribution in [3.8, 4) is 0 Å². The SMILES string of the molecule is CC(C)Cn1cncc1CNC(=O)c1cccc(CN(C)C)c1. The molecule has 2 rings (SSSR count). The van der Waals surface area contributed by atoms with Crippen molar-refractivity contribution in [2.45, 2.75) is 33.5 Å². The lowest BCUT2D eigenvalue weighted by molar-refractivity contribution is 0.0950. The van der Waals surface area contributed by atoms with E-state index in [4.69, 9.17) is 0 Å². The Balaban J connectivity index is 1.99. The second-order valence-corrected chi connectivity index (χ2v) is 6.55. The van der Waals surface area contributed by atoms with E-state index in [-0.39, 0.29) is 5.91 Å². The Morgan fingerprint density at radius 2 is 2.13 bits per heavy atom. The van der Waals surface area contributed by atoms with Crippen LogP contribution in [0.25, 0.3) is 0 Å². The number of benzene rings is 1. The molecule has 5 heteroatoms. The highest BCUT2D eigenvalue weighted by molar-refractivity contribution is 5.94. The summed E-state index contributed by atoms with van der Waals surface area (Å²) in [5, 5.41) is 2.98. The molecule has 0 spiro atoms. The highest BCUT2D eigenvalue weighted by atomic mass is 16.1. The quantitative estimate of drug-likeness (QED) is 0.854. The molecular weight excluding hydrogens is 288 g/mol. The molecule has 1 amide bonds. The van der Waals surface area contributed by atoms with Gasteiger partial charge in [0.25, 0.3) is 5.91 Å². The highest BCUT2D eigenvalue weighted by Gasteiger charge is 2.09. The number of carbonyl (C=O) groups excluding carboxylic acids is 1. The monoisotopic (exact) mass is 314 g/mol. The normalized spacial score (nSPS) is 11.2. The molecular formula is C18H26N4O. The molecule has 1 aromatic heterocycles. The summed E-state index contributed by atoms with van der Waals surface area (Å²) in [5.41, 5.74) is 2.85. The lowest BCUT2D eigenvalue weighted by Crippen LogP contribution is -2.24. The van der Waals surface area contributed by atoms with E-state index in [9.17, 15) is 4.79 Å². The molecule has 0 atom stereocenters. The maximum Gasteiger partial charge on any atom is 0.251 e. The van der Waals surface area contributed by atoms with Crippen molar-refractivity contribution >= 4 is 5.91 Å². The minimum absolute atomic E-state index is 0.0529. The van der Waals surface area contributed by atoms with Crippen LogP contribution in [0.15, 0.2) is 36.8 Å². The van der Waals surface area contributed by atoms with Crippen LogP contribution in [-0.2, 0) is 19.6 Å². The fourth-order valence-corrected chi connectivity index (χ4v) is 2.50. The van der Waals surface area contributed by atoms with Gasteiger partial charge in [0.2, 0.25) is 0 Å². The number of carbonyl (C=O) groups is 1. The van der Waals surface area contributed by atoms with E-state index in [0.717, 1.165) is 24.3 Å². The predicted octanol–water partition coefficient (Wildman–Crippen LogP) is 2.53. The Kier molecular flexibility index (Phi) is 5.93. The van der Waals surface area contributed by atoms with Gasteiger partial charge in [0.05, 0.1) is 18.6 Å². The summed E-state index contributed by atoms with van der Waals surface area (Å²) in [6.45, 7) is 6.55. The Morgan fingerprint density at radius 3 is 2.83 bits per heavy atom. The van der Waals surface area contributed by atoms with Crippen molar-refractivity contribution in [3.05, 3.63) is 53.6 Å². The molecule has 0 aliphatic rings. The molecule has 0 saturated heterocycles. The molecule has 0 aliphatic heterocycles. The van der Waals surface area contributed by atoms with Gasteiger partial charge in [-0.25, -0.2) is 4.98 Å². The first-order valence-corrected chi connectivity index (χ1v) is 7.96. The number of aromatic nitrogens is 2. The molecule has 5 nitrogen and oxygen atoms in total. The van der Waals surface area contributed by atoms with Gasteiger partial charge in [-0.15, -0.1) is 0 Å². The first-order chi connectivity index (χ1) is 11.0. The predicted molar refractivity (Wildman–Crippen MR) is 92.1 cm³/mol. The van der Waals surface area contributed by atoms with Gasteiger partial charge >= 0.3 is 0 Å². The largest absolute Gasteiger partial charge is 0.346 e. The second-order valence-electron chi connectivity index (χ2n) is 6.55. The van der Waals surface area contributed by atoms with Crippen LogP contribution in [0, 0.1) is 5.92 Å². The van der Waals surface area contributed by atoms with Crippen molar-refractivity contribution < 1.29 is 4.79 Å².